The molecule has 0 aromatic carbocycles. The summed E-state index contributed by atoms with van der Waals surface area (Å²) < 4.78 is 24.4. The van der Waals surface area contributed by atoms with Crippen LogP contribution in [0.4, 0.5) is 0 Å². The molecule has 1 aliphatic heterocycles. The summed E-state index contributed by atoms with van der Waals surface area (Å²) in [5.74, 6) is 1.87. The lowest BCUT2D eigenvalue weighted by Gasteiger charge is -2.34. The van der Waals surface area contributed by atoms with Gasteiger partial charge in [0, 0.05) is 42.3 Å². The van der Waals surface area contributed by atoms with Gasteiger partial charge in [-0.05, 0) is 6.54 Å². The molecule has 8 heteroatoms. The Balaban J connectivity index is 2.03. The van der Waals surface area contributed by atoms with E-state index in [0.29, 0.717) is 12.3 Å². The molecular weight excluding hydrogens is 326 g/mol. The van der Waals surface area contributed by atoms with E-state index in [9.17, 15) is 8.42 Å². The minimum Gasteiger partial charge on any atom is -0.311 e. The molecular formula is C13H23N3O2S3. The fourth-order valence-corrected chi connectivity index (χ4v) is 6.10. The molecule has 5 nitrogen and oxygen atoms in total. The number of nitrogens with zero attached hydrogens (tertiary/aromatic N) is 2. The Morgan fingerprint density at radius 1 is 1.48 bits per heavy atom. The number of sulfone groups is 1. The van der Waals surface area contributed by atoms with Crippen molar-refractivity contribution in [2.24, 2.45) is 0 Å². The first-order chi connectivity index (χ1) is 10.1. The number of hydrogen-bond acceptors (Lipinski definition) is 7. The molecule has 1 aliphatic rings. The predicted octanol–water partition coefficient (Wildman–Crippen LogP) is 1.56. The molecule has 0 spiro atoms. The van der Waals surface area contributed by atoms with Crippen molar-refractivity contribution in [3.05, 3.63) is 16.1 Å². The van der Waals surface area contributed by atoms with E-state index in [-0.39, 0.29) is 11.1 Å². The summed E-state index contributed by atoms with van der Waals surface area (Å²) in [7, 11) is -3.03. The van der Waals surface area contributed by atoms with Crippen LogP contribution in [0.5, 0.6) is 0 Å². The van der Waals surface area contributed by atoms with Crippen LogP contribution < -0.4 is 5.32 Å². The zero-order valence-electron chi connectivity index (χ0n) is 12.5. The van der Waals surface area contributed by atoms with Gasteiger partial charge in [-0.1, -0.05) is 13.8 Å². The number of aromatic nitrogens is 1. The maximum atomic E-state index is 12.2. The lowest BCUT2D eigenvalue weighted by atomic mass is 10.4. The average molecular weight is 350 g/mol. The van der Waals surface area contributed by atoms with Crippen LogP contribution >= 0.6 is 23.1 Å². The molecule has 1 unspecified atom stereocenters. The Morgan fingerprint density at radius 2 is 2.29 bits per heavy atom. The van der Waals surface area contributed by atoms with E-state index in [1.54, 1.807) is 30.0 Å². The molecule has 1 fully saturated rings. The van der Waals surface area contributed by atoms with Crippen molar-refractivity contribution in [1.82, 2.24) is 15.2 Å². The third-order valence-electron chi connectivity index (χ3n) is 3.50. The highest BCUT2D eigenvalue weighted by Crippen LogP contribution is 2.23. The van der Waals surface area contributed by atoms with Crippen LogP contribution in [0, 0.1) is 0 Å². The molecule has 0 aliphatic carbocycles. The summed E-state index contributed by atoms with van der Waals surface area (Å²) >= 11 is 3.36. The van der Waals surface area contributed by atoms with Gasteiger partial charge in [-0.3, -0.25) is 4.90 Å². The van der Waals surface area contributed by atoms with Gasteiger partial charge in [-0.2, -0.15) is 11.8 Å². The number of hydrogen-bond donors (Lipinski definition) is 1. The summed E-state index contributed by atoms with van der Waals surface area (Å²) in [6.07, 6.45) is 0. The lowest BCUT2D eigenvalue weighted by Crippen LogP contribution is -2.47. The first-order valence-electron chi connectivity index (χ1n) is 7.24. The van der Waals surface area contributed by atoms with E-state index >= 15 is 0 Å². The SMILES string of the molecule is CCNCc1nc(CN2CCSCC2S(=O)(=O)CC)cs1. The van der Waals surface area contributed by atoms with E-state index in [0.717, 1.165) is 36.1 Å². The molecule has 2 rings (SSSR count). The van der Waals surface area contributed by atoms with E-state index in [2.05, 4.69) is 22.1 Å². The van der Waals surface area contributed by atoms with Crippen molar-refractivity contribution in [2.45, 2.75) is 32.3 Å². The molecule has 0 amide bonds. The third-order valence-corrected chi connectivity index (χ3v) is 7.73. The van der Waals surface area contributed by atoms with Crippen molar-refractivity contribution in [1.29, 1.82) is 0 Å². The normalized spacial score (nSPS) is 20.8. The first kappa shape index (κ1) is 17.2. The van der Waals surface area contributed by atoms with Crippen molar-refractivity contribution in [2.75, 3.05) is 30.3 Å². The highest BCUT2D eigenvalue weighted by Gasteiger charge is 2.33. The molecule has 0 saturated carbocycles. The fourth-order valence-electron chi connectivity index (χ4n) is 2.26. The maximum Gasteiger partial charge on any atom is 0.166 e. The Labute approximate surface area is 135 Å². The van der Waals surface area contributed by atoms with Crippen LogP contribution in [-0.2, 0) is 22.9 Å². The predicted molar refractivity (Wildman–Crippen MR) is 90.5 cm³/mol. The van der Waals surface area contributed by atoms with Crippen LogP contribution in [0.15, 0.2) is 5.38 Å². The highest BCUT2D eigenvalue weighted by atomic mass is 32.2. The molecule has 2 heterocycles. The van der Waals surface area contributed by atoms with Gasteiger partial charge >= 0.3 is 0 Å². The van der Waals surface area contributed by atoms with Gasteiger partial charge in [0.2, 0.25) is 0 Å². The molecule has 1 atom stereocenters. The molecule has 1 aromatic rings. The van der Waals surface area contributed by atoms with Gasteiger partial charge in [0.1, 0.15) is 10.4 Å². The average Bonchev–Trinajstić information content (AvgIpc) is 2.93. The monoisotopic (exact) mass is 349 g/mol. The number of thiazole rings is 1. The largest absolute Gasteiger partial charge is 0.311 e. The van der Waals surface area contributed by atoms with E-state index < -0.39 is 9.84 Å². The summed E-state index contributed by atoms with van der Waals surface area (Å²) in [6.45, 7) is 6.95. The van der Waals surface area contributed by atoms with E-state index in [4.69, 9.17) is 0 Å². The number of thioether (sulfide) groups is 1. The summed E-state index contributed by atoms with van der Waals surface area (Å²) in [6, 6.07) is 0. The Morgan fingerprint density at radius 3 is 3.00 bits per heavy atom. The van der Waals surface area contributed by atoms with Gasteiger partial charge in [0.25, 0.3) is 0 Å². The van der Waals surface area contributed by atoms with Gasteiger partial charge in [0.15, 0.2) is 9.84 Å². The van der Waals surface area contributed by atoms with E-state index in [1.165, 1.54) is 0 Å². The Bertz CT molecular complexity index is 545. The van der Waals surface area contributed by atoms with Crippen LogP contribution in [0.25, 0.3) is 0 Å². The van der Waals surface area contributed by atoms with Gasteiger partial charge in [-0.15, -0.1) is 11.3 Å². The molecule has 0 bridgehead atoms. The minimum atomic E-state index is -3.03. The topological polar surface area (TPSA) is 62.3 Å². The van der Waals surface area contributed by atoms with Crippen molar-refractivity contribution >= 4 is 32.9 Å². The molecule has 1 aromatic heterocycles. The molecule has 0 radical (unpaired) electrons. The zero-order chi connectivity index (χ0) is 15.3. The van der Waals surface area contributed by atoms with Crippen molar-refractivity contribution in [3.63, 3.8) is 0 Å². The lowest BCUT2D eigenvalue weighted by molar-refractivity contribution is 0.259. The van der Waals surface area contributed by atoms with Gasteiger partial charge < -0.3 is 5.32 Å². The first-order valence-corrected chi connectivity index (χ1v) is 11.0. The highest BCUT2D eigenvalue weighted by molar-refractivity contribution is 8.01. The third kappa shape index (κ3) is 4.66. The summed E-state index contributed by atoms with van der Waals surface area (Å²) in [5, 5.41) is 6.01. The zero-order valence-corrected chi connectivity index (χ0v) is 15.0. The van der Waals surface area contributed by atoms with Crippen molar-refractivity contribution < 1.29 is 8.42 Å². The smallest absolute Gasteiger partial charge is 0.166 e. The second-order valence-corrected chi connectivity index (χ2v) is 9.50. The van der Waals surface area contributed by atoms with Gasteiger partial charge in [-0.25, -0.2) is 13.4 Å². The summed E-state index contributed by atoms with van der Waals surface area (Å²) in [5.41, 5.74) is 0.983. The maximum absolute atomic E-state index is 12.2. The van der Waals surface area contributed by atoms with Crippen LogP contribution in [0.1, 0.15) is 24.5 Å². The molecule has 120 valence electrons. The standard InChI is InChI=1S/C13H23N3O2S3/c1-3-14-7-12-15-11(9-20-12)8-16-5-6-19-10-13(16)21(17,18)4-2/h9,13-14H,3-8,10H2,1-2H3. The quantitative estimate of drug-likeness (QED) is 0.806. The Kier molecular flexibility index (Phi) is 6.49. The Hall–Kier alpha value is -0.150. The number of nitrogens with one attached hydrogen (secondary N) is 1. The minimum absolute atomic E-state index is 0.206. The fraction of sp³-hybridized carbons (Fsp3) is 0.769. The summed E-state index contributed by atoms with van der Waals surface area (Å²) in [4.78, 5) is 6.67. The van der Waals surface area contributed by atoms with Crippen LogP contribution in [0.2, 0.25) is 0 Å². The van der Waals surface area contributed by atoms with Crippen molar-refractivity contribution in [3.8, 4) is 0 Å². The second-order valence-electron chi connectivity index (χ2n) is 4.96. The second kappa shape index (κ2) is 7.92. The molecule has 1 saturated heterocycles. The van der Waals surface area contributed by atoms with Crippen LogP contribution in [0.3, 0.4) is 0 Å². The van der Waals surface area contributed by atoms with Crippen LogP contribution in [-0.4, -0.2) is 54.0 Å². The van der Waals surface area contributed by atoms with Gasteiger partial charge in [0.05, 0.1) is 5.69 Å². The van der Waals surface area contributed by atoms with E-state index in [1.807, 2.05) is 5.38 Å². The number of rotatable bonds is 7. The molecule has 21 heavy (non-hydrogen) atoms. The molecule has 1 N–H and O–H groups in total.